The van der Waals surface area contributed by atoms with Crippen LogP contribution in [0.1, 0.15) is 42.7 Å². The summed E-state index contributed by atoms with van der Waals surface area (Å²) in [4.78, 5) is 28.7. The van der Waals surface area contributed by atoms with Crippen molar-refractivity contribution < 1.29 is 9.59 Å². The van der Waals surface area contributed by atoms with Crippen molar-refractivity contribution in [3.05, 3.63) is 65.9 Å². The van der Waals surface area contributed by atoms with E-state index in [-0.39, 0.29) is 17.9 Å². The Hall–Kier alpha value is -4.20. The molecule has 4 rings (SSSR count). The molecule has 2 aromatic heterocycles. The number of hydrogen-bond acceptors (Lipinski definition) is 5. The van der Waals surface area contributed by atoms with Gasteiger partial charge in [-0.25, -0.2) is 4.98 Å². The van der Waals surface area contributed by atoms with Gasteiger partial charge in [0.1, 0.15) is 11.5 Å². The predicted molar refractivity (Wildman–Crippen MR) is 131 cm³/mol. The number of carbonyl (C=O) groups is 2. The Morgan fingerprint density at radius 3 is 2.48 bits per heavy atom. The van der Waals surface area contributed by atoms with Crippen LogP contribution in [0.4, 0.5) is 17.2 Å². The number of amides is 2. The highest BCUT2D eigenvalue weighted by atomic mass is 16.2. The molecule has 0 fully saturated rings. The molecule has 0 radical (unpaired) electrons. The van der Waals surface area contributed by atoms with Gasteiger partial charge in [0.15, 0.2) is 0 Å². The van der Waals surface area contributed by atoms with Crippen molar-refractivity contribution in [3.8, 4) is 11.3 Å². The van der Waals surface area contributed by atoms with Crippen LogP contribution in [-0.2, 0) is 4.79 Å². The minimum Gasteiger partial charge on any atom is -0.384 e. The summed E-state index contributed by atoms with van der Waals surface area (Å²) >= 11 is 0. The van der Waals surface area contributed by atoms with Gasteiger partial charge in [-0.3, -0.25) is 14.3 Å². The number of aryl methyl sites for hydroxylation is 1. The van der Waals surface area contributed by atoms with E-state index in [1.807, 2.05) is 35.9 Å². The second kappa shape index (κ2) is 8.74. The lowest BCUT2D eigenvalue weighted by atomic mass is 10.1. The van der Waals surface area contributed by atoms with Crippen LogP contribution >= 0.6 is 0 Å². The van der Waals surface area contributed by atoms with Crippen molar-refractivity contribution in [1.82, 2.24) is 14.8 Å². The number of fused-ring (bicyclic) bond motifs is 1. The SMILES string of the molecule is CC(=O)Nc1cc(NC(=O)c2ccc3c(c2)c(-c2ccc(N)nc2)nn3C(C)C)ccc1C. The summed E-state index contributed by atoms with van der Waals surface area (Å²) in [6, 6.07) is 14.7. The van der Waals surface area contributed by atoms with Gasteiger partial charge in [-0.1, -0.05) is 6.07 Å². The number of carbonyl (C=O) groups excluding carboxylic acids is 2. The average Bonchev–Trinajstić information content (AvgIpc) is 3.15. The summed E-state index contributed by atoms with van der Waals surface area (Å²) < 4.78 is 1.93. The molecule has 2 heterocycles. The van der Waals surface area contributed by atoms with E-state index in [2.05, 4.69) is 29.5 Å². The number of nitrogens with one attached hydrogen (secondary N) is 2. The number of nitrogen functional groups attached to an aromatic ring is 1. The van der Waals surface area contributed by atoms with E-state index in [4.69, 9.17) is 10.8 Å². The first kappa shape index (κ1) is 22.0. The number of benzene rings is 2. The highest BCUT2D eigenvalue weighted by Gasteiger charge is 2.17. The van der Waals surface area contributed by atoms with E-state index >= 15 is 0 Å². The van der Waals surface area contributed by atoms with E-state index in [9.17, 15) is 9.59 Å². The van der Waals surface area contributed by atoms with Gasteiger partial charge >= 0.3 is 0 Å². The molecule has 168 valence electrons. The molecule has 0 spiro atoms. The van der Waals surface area contributed by atoms with Gasteiger partial charge < -0.3 is 16.4 Å². The molecule has 2 aromatic carbocycles. The maximum absolute atomic E-state index is 13.1. The number of nitrogens with zero attached hydrogens (tertiary/aromatic N) is 3. The molecule has 4 aromatic rings. The molecule has 0 saturated carbocycles. The van der Waals surface area contributed by atoms with E-state index in [0.717, 1.165) is 27.7 Å². The molecule has 8 nitrogen and oxygen atoms in total. The minimum atomic E-state index is -0.256. The summed E-state index contributed by atoms with van der Waals surface area (Å²) in [7, 11) is 0. The van der Waals surface area contributed by atoms with Gasteiger partial charge in [0.2, 0.25) is 5.91 Å². The molecule has 33 heavy (non-hydrogen) atoms. The zero-order valence-electron chi connectivity index (χ0n) is 19.0. The van der Waals surface area contributed by atoms with Crippen molar-refractivity contribution in [2.75, 3.05) is 16.4 Å². The van der Waals surface area contributed by atoms with Crippen molar-refractivity contribution >= 4 is 39.9 Å². The van der Waals surface area contributed by atoms with Gasteiger partial charge in [0.05, 0.1) is 5.52 Å². The summed E-state index contributed by atoms with van der Waals surface area (Å²) in [6.07, 6.45) is 1.68. The Labute approximate surface area is 191 Å². The molecule has 0 aliphatic rings. The zero-order valence-corrected chi connectivity index (χ0v) is 19.0. The quantitative estimate of drug-likeness (QED) is 0.411. The van der Waals surface area contributed by atoms with E-state index in [0.29, 0.717) is 22.8 Å². The van der Waals surface area contributed by atoms with Gasteiger partial charge in [-0.2, -0.15) is 5.10 Å². The third-order valence-electron chi connectivity index (χ3n) is 5.32. The van der Waals surface area contributed by atoms with E-state index < -0.39 is 0 Å². The van der Waals surface area contributed by atoms with Crippen molar-refractivity contribution in [1.29, 1.82) is 0 Å². The largest absolute Gasteiger partial charge is 0.384 e. The fraction of sp³-hybridized carbons (Fsp3) is 0.200. The van der Waals surface area contributed by atoms with Gasteiger partial charge in [0, 0.05) is 47.1 Å². The fourth-order valence-corrected chi connectivity index (χ4v) is 3.66. The lowest BCUT2D eigenvalue weighted by molar-refractivity contribution is -0.114. The number of hydrogen-bond donors (Lipinski definition) is 3. The second-order valence-corrected chi connectivity index (χ2v) is 8.26. The molecule has 0 aliphatic carbocycles. The third kappa shape index (κ3) is 4.55. The number of aromatic nitrogens is 3. The highest BCUT2D eigenvalue weighted by molar-refractivity contribution is 6.08. The summed E-state index contributed by atoms with van der Waals surface area (Å²) in [5.74, 6) is 0.00947. The second-order valence-electron chi connectivity index (χ2n) is 8.26. The first-order valence-corrected chi connectivity index (χ1v) is 10.7. The summed E-state index contributed by atoms with van der Waals surface area (Å²) in [6.45, 7) is 7.46. The van der Waals surface area contributed by atoms with Crippen LogP contribution in [0.5, 0.6) is 0 Å². The Kier molecular flexibility index (Phi) is 5.83. The standard InChI is InChI=1S/C25H26N6O2/c1-14(2)31-22-9-6-17(11-20(22)24(30-31)18-7-10-23(26)27-13-18)25(33)29-19-8-5-15(3)21(12-19)28-16(4)32/h5-14H,1-4H3,(H2,26,27)(H,28,32)(H,29,33). The average molecular weight is 443 g/mol. The summed E-state index contributed by atoms with van der Waals surface area (Å²) in [5, 5.41) is 11.3. The molecule has 0 bridgehead atoms. The van der Waals surface area contributed by atoms with Crippen LogP contribution in [0.3, 0.4) is 0 Å². The van der Waals surface area contributed by atoms with Gasteiger partial charge in [-0.15, -0.1) is 0 Å². The Morgan fingerprint density at radius 1 is 1.03 bits per heavy atom. The number of anilines is 3. The minimum absolute atomic E-state index is 0.141. The van der Waals surface area contributed by atoms with Crippen LogP contribution in [0.25, 0.3) is 22.2 Å². The molecular formula is C25H26N6O2. The maximum Gasteiger partial charge on any atom is 0.255 e. The maximum atomic E-state index is 13.1. The van der Waals surface area contributed by atoms with Crippen LogP contribution in [0, 0.1) is 6.92 Å². The molecule has 0 aliphatic heterocycles. The van der Waals surface area contributed by atoms with E-state index in [1.54, 1.807) is 30.5 Å². The Balaban J connectivity index is 1.71. The zero-order chi connectivity index (χ0) is 23.7. The van der Waals surface area contributed by atoms with Crippen molar-refractivity contribution in [2.45, 2.75) is 33.7 Å². The lowest BCUT2D eigenvalue weighted by Gasteiger charge is -2.11. The number of rotatable bonds is 5. The smallest absolute Gasteiger partial charge is 0.255 e. The lowest BCUT2D eigenvalue weighted by Crippen LogP contribution is -2.13. The van der Waals surface area contributed by atoms with Crippen molar-refractivity contribution in [2.24, 2.45) is 0 Å². The van der Waals surface area contributed by atoms with Crippen LogP contribution < -0.4 is 16.4 Å². The molecule has 8 heteroatoms. The van der Waals surface area contributed by atoms with Crippen LogP contribution in [-0.4, -0.2) is 26.6 Å². The fourth-order valence-electron chi connectivity index (χ4n) is 3.66. The number of nitrogens with two attached hydrogens (primary N) is 1. The number of pyridine rings is 1. The molecule has 0 unspecified atom stereocenters. The van der Waals surface area contributed by atoms with Crippen LogP contribution in [0.2, 0.25) is 0 Å². The molecule has 0 saturated heterocycles. The summed E-state index contributed by atoms with van der Waals surface area (Å²) in [5.41, 5.74) is 10.9. The van der Waals surface area contributed by atoms with Gasteiger partial charge in [-0.05, 0) is 68.8 Å². The first-order valence-electron chi connectivity index (χ1n) is 10.7. The Morgan fingerprint density at radius 2 is 1.82 bits per heavy atom. The van der Waals surface area contributed by atoms with Gasteiger partial charge in [0.25, 0.3) is 5.91 Å². The molecule has 4 N–H and O–H groups in total. The topological polar surface area (TPSA) is 115 Å². The highest BCUT2D eigenvalue weighted by Crippen LogP contribution is 2.31. The molecule has 0 atom stereocenters. The third-order valence-corrected chi connectivity index (χ3v) is 5.32. The molecular weight excluding hydrogens is 416 g/mol. The molecule has 2 amide bonds. The van der Waals surface area contributed by atoms with Crippen LogP contribution in [0.15, 0.2) is 54.7 Å². The first-order chi connectivity index (χ1) is 15.7. The van der Waals surface area contributed by atoms with E-state index in [1.165, 1.54) is 6.92 Å². The predicted octanol–water partition coefficient (Wildman–Crippen LogP) is 4.78. The monoisotopic (exact) mass is 442 g/mol. The normalized spacial score (nSPS) is 11.1. The van der Waals surface area contributed by atoms with Crippen molar-refractivity contribution in [3.63, 3.8) is 0 Å². The Bertz CT molecular complexity index is 1360.